The zero-order valence-electron chi connectivity index (χ0n) is 11.6. The monoisotopic (exact) mass is 367 g/mol. The van der Waals surface area contributed by atoms with E-state index in [9.17, 15) is 9.59 Å². The van der Waals surface area contributed by atoms with E-state index in [4.69, 9.17) is 0 Å². The third-order valence-corrected chi connectivity index (χ3v) is 4.27. The summed E-state index contributed by atoms with van der Waals surface area (Å²) in [6.07, 6.45) is 0.374. The van der Waals surface area contributed by atoms with Gasteiger partial charge in [0.25, 0.3) is 5.91 Å². The average Bonchev–Trinajstić information content (AvgIpc) is 2.82. The van der Waals surface area contributed by atoms with Crippen LogP contribution < -0.4 is 10.6 Å². The summed E-state index contributed by atoms with van der Waals surface area (Å²) in [5.41, 5.74) is 1.30. The molecule has 0 aliphatic rings. The number of rotatable bonds is 4. The topological polar surface area (TPSA) is 71.1 Å². The van der Waals surface area contributed by atoms with Crippen molar-refractivity contribution in [2.24, 2.45) is 0 Å². The highest BCUT2D eigenvalue weighted by molar-refractivity contribution is 9.10. The first-order chi connectivity index (χ1) is 9.99. The van der Waals surface area contributed by atoms with Gasteiger partial charge in [0.1, 0.15) is 4.88 Å². The van der Waals surface area contributed by atoms with Crippen LogP contribution in [-0.2, 0) is 4.79 Å². The first kappa shape index (κ1) is 15.7. The van der Waals surface area contributed by atoms with E-state index < -0.39 is 0 Å². The molecule has 2 rings (SSSR count). The maximum absolute atomic E-state index is 12.2. The Morgan fingerprint density at radius 3 is 2.52 bits per heavy atom. The van der Waals surface area contributed by atoms with Gasteiger partial charge in [0.05, 0.1) is 5.69 Å². The molecule has 0 spiro atoms. The van der Waals surface area contributed by atoms with Gasteiger partial charge >= 0.3 is 0 Å². The molecule has 0 fully saturated rings. The lowest BCUT2D eigenvalue weighted by molar-refractivity contribution is -0.115. The highest BCUT2D eigenvalue weighted by Crippen LogP contribution is 2.24. The van der Waals surface area contributed by atoms with Crippen LogP contribution >= 0.6 is 27.3 Å². The van der Waals surface area contributed by atoms with Crippen molar-refractivity contribution in [3.8, 4) is 0 Å². The van der Waals surface area contributed by atoms with Crippen molar-refractivity contribution in [1.29, 1.82) is 0 Å². The lowest BCUT2D eigenvalue weighted by atomic mass is 10.3. The van der Waals surface area contributed by atoms with Crippen LogP contribution in [0.4, 0.5) is 10.8 Å². The Balaban J connectivity index is 2.12. The van der Waals surface area contributed by atoms with Gasteiger partial charge in [0.15, 0.2) is 5.13 Å². The predicted octanol–water partition coefficient (Wildman–Crippen LogP) is 3.81. The van der Waals surface area contributed by atoms with Crippen molar-refractivity contribution in [3.05, 3.63) is 39.3 Å². The molecule has 0 bridgehead atoms. The molecule has 0 saturated heterocycles. The zero-order valence-corrected chi connectivity index (χ0v) is 14.0. The van der Waals surface area contributed by atoms with Gasteiger partial charge in [0, 0.05) is 16.6 Å². The van der Waals surface area contributed by atoms with Crippen molar-refractivity contribution < 1.29 is 9.59 Å². The predicted molar refractivity (Wildman–Crippen MR) is 87.9 cm³/mol. The number of hydrogen-bond donors (Lipinski definition) is 2. The first-order valence-corrected chi connectivity index (χ1v) is 7.94. The maximum Gasteiger partial charge on any atom is 0.267 e. The Morgan fingerprint density at radius 1 is 1.24 bits per heavy atom. The molecule has 2 aromatic rings. The number of anilines is 2. The highest BCUT2D eigenvalue weighted by Gasteiger charge is 2.16. The van der Waals surface area contributed by atoms with Crippen molar-refractivity contribution >= 4 is 49.9 Å². The molecule has 0 atom stereocenters. The van der Waals surface area contributed by atoms with E-state index in [0.29, 0.717) is 27.8 Å². The third-order valence-electron chi connectivity index (χ3n) is 2.67. The second-order valence-corrected chi connectivity index (χ2v) is 6.21. The van der Waals surface area contributed by atoms with Gasteiger partial charge in [-0.15, -0.1) is 0 Å². The summed E-state index contributed by atoms with van der Waals surface area (Å²) in [6, 6.07) is 7.31. The lowest BCUT2D eigenvalue weighted by Crippen LogP contribution is -2.11. The lowest BCUT2D eigenvalue weighted by Gasteiger charge is -2.03. The Hall–Kier alpha value is -1.73. The van der Waals surface area contributed by atoms with Crippen LogP contribution in [0.1, 0.15) is 28.7 Å². The number of aryl methyl sites for hydroxylation is 1. The largest absolute Gasteiger partial charge is 0.321 e. The Labute approximate surface area is 134 Å². The minimum Gasteiger partial charge on any atom is -0.321 e. The van der Waals surface area contributed by atoms with Crippen LogP contribution in [0.2, 0.25) is 0 Å². The molecular formula is C14H14BrN3O2S. The number of hydrogen-bond acceptors (Lipinski definition) is 4. The number of nitrogens with zero attached hydrogens (tertiary/aromatic N) is 1. The summed E-state index contributed by atoms with van der Waals surface area (Å²) in [5, 5.41) is 5.91. The Morgan fingerprint density at radius 2 is 1.90 bits per heavy atom. The molecule has 2 N–H and O–H groups in total. The molecule has 0 saturated carbocycles. The van der Waals surface area contributed by atoms with E-state index in [1.54, 1.807) is 26.0 Å². The maximum atomic E-state index is 12.2. The van der Waals surface area contributed by atoms with Gasteiger partial charge in [-0.3, -0.25) is 9.59 Å². The van der Waals surface area contributed by atoms with Crippen LogP contribution in [0, 0.1) is 6.92 Å². The standard InChI is InChI=1S/C14H14BrN3O2S/c1-3-11(19)18-14-16-8(2)12(21-14)13(20)17-10-6-4-9(15)5-7-10/h4-7H,3H2,1-2H3,(H,17,20)(H,16,18,19). The fourth-order valence-corrected chi connectivity index (χ4v) is 2.73. The van der Waals surface area contributed by atoms with E-state index in [0.717, 1.165) is 4.47 Å². The molecule has 5 nitrogen and oxygen atoms in total. The van der Waals surface area contributed by atoms with Gasteiger partial charge in [-0.2, -0.15) is 0 Å². The van der Waals surface area contributed by atoms with Crippen molar-refractivity contribution in [2.75, 3.05) is 10.6 Å². The number of carbonyl (C=O) groups is 2. The van der Waals surface area contributed by atoms with Crippen LogP contribution in [0.25, 0.3) is 0 Å². The summed E-state index contributed by atoms with van der Waals surface area (Å²) in [4.78, 5) is 28.3. The smallest absolute Gasteiger partial charge is 0.267 e. The number of aromatic nitrogens is 1. The molecule has 1 aromatic heterocycles. The summed E-state index contributed by atoms with van der Waals surface area (Å²) in [7, 11) is 0. The average molecular weight is 368 g/mol. The van der Waals surface area contributed by atoms with E-state index in [1.165, 1.54) is 11.3 Å². The third kappa shape index (κ3) is 4.12. The number of amides is 2. The van der Waals surface area contributed by atoms with Gasteiger partial charge in [-0.1, -0.05) is 34.2 Å². The van der Waals surface area contributed by atoms with E-state index in [2.05, 4.69) is 31.5 Å². The van der Waals surface area contributed by atoms with E-state index >= 15 is 0 Å². The van der Waals surface area contributed by atoms with Crippen LogP contribution in [0.3, 0.4) is 0 Å². The normalized spacial score (nSPS) is 10.2. The number of thiazole rings is 1. The molecule has 1 heterocycles. The van der Waals surface area contributed by atoms with Crippen molar-refractivity contribution in [3.63, 3.8) is 0 Å². The molecule has 0 radical (unpaired) electrons. The van der Waals surface area contributed by atoms with Crippen LogP contribution in [-0.4, -0.2) is 16.8 Å². The molecule has 110 valence electrons. The molecular weight excluding hydrogens is 354 g/mol. The van der Waals surface area contributed by atoms with Gasteiger partial charge in [-0.25, -0.2) is 4.98 Å². The highest BCUT2D eigenvalue weighted by atomic mass is 79.9. The molecule has 1 aromatic carbocycles. The van der Waals surface area contributed by atoms with Gasteiger partial charge in [0.2, 0.25) is 5.91 Å². The summed E-state index contributed by atoms with van der Waals surface area (Å²) in [6.45, 7) is 3.51. The molecule has 0 aliphatic heterocycles. The molecule has 2 amide bonds. The van der Waals surface area contributed by atoms with Gasteiger partial charge in [-0.05, 0) is 31.2 Å². The molecule has 0 unspecified atom stereocenters. The number of carbonyl (C=O) groups excluding carboxylic acids is 2. The fraction of sp³-hybridized carbons (Fsp3) is 0.214. The Kier molecular flexibility index (Phi) is 5.08. The zero-order chi connectivity index (χ0) is 15.4. The Bertz CT molecular complexity index is 667. The summed E-state index contributed by atoms with van der Waals surface area (Å²) < 4.78 is 0.944. The quantitative estimate of drug-likeness (QED) is 0.862. The number of benzene rings is 1. The first-order valence-electron chi connectivity index (χ1n) is 6.33. The minimum absolute atomic E-state index is 0.122. The van der Waals surface area contributed by atoms with E-state index in [1.807, 2.05) is 12.1 Å². The fourth-order valence-electron chi connectivity index (χ4n) is 1.59. The van der Waals surface area contributed by atoms with E-state index in [-0.39, 0.29) is 11.8 Å². The second kappa shape index (κ2) is 6.82. The molecule has 21 heavy (non-hydrogen) atoms. The van der Waals surface area contributed by atoms with Gasteiger partial charge < -0.3 is 10.6 Å². The summed E-state index contributed by atoms with van der Waals surface area (Å²) >= 11 is 4.51. The van der Waals surface area contributed by atoms with Crippen LogP contribution in [0.5, 0.6) is 0 Å². The summed E-state index contributed by atoms with van der Waals surface area (Å²) in [5.74, 6) is -0.354. The number of halogens is 1. The second-order valence-electron chi connectivity index (χ2n) is 4.30. The molecule has 0 aliphatic carbocycles. The van der Waals surface area contributed by atoms with Crippen LogP contribution in [0.15, 0.2) is 28.7 Å². The SMILES string of the molecule is CCC(=O)Nc1nc(C)c(C(=O)Nc2ccc(Br)cc2)s1. The number of nitrogens with one attached hydrogen (secondary N) is 2. The molecule has 7 heteroatoms. The van der Waals surface area contributed by atoms with Crippen molar-refractivity contribution in [1.82, 2.24) is 4.98 Å². The minimum atomic E-state index is -0.232. The van der Waals surface area contributed by atoms with Crippen molar-refractivity contribution in [2.45, 2.75) is 20.3 Å².